The molecule has 166 valence electrons. The largest absolute Gasteiger partial charge is 0.463 e. The van der Waals surface area contributed by atoms with E-state index < -0.39 is 12.0 Å². The summed E-state index contributed by atoms with van der Waals surface area (Å²) in [6, 6.07) is 14.4. The number of para-hydroxylation sites is 1. The van der Waals surface area contributed by atoms with Crippen molar-refractivity contribution < 1.29 is 9.53 Å². The quantitative estimate of drug-likeness (QED) is 0.452. The van der Waals surface area contributed by atoms with Gasteiger partial charge in [-0.3, -0.25) is 9.36 Å². The molecular weight excluding hydrogens is 458 g/mol. The van der Waals surface area contributed by atoms with Crippen molar-refractivity contribution in [3.05, 3.63) is 102 Å². The number of esters is 1. The summed E-state index contributed by atoms with van der Waals surface area (Å²) in [7, 11) is 0. The molecule has 33 heavy (non-hydrogen) atoms. The highest BCUT2D eigenvalue weighted by atomic mass is 35.5. The zero-order chi connectivity index (χ0) is 23.1. The Balaban J connectivity index is 1.74. The molecule has 2 aromatic carbocycles. The number of rotatable bonds is 4. The van der Waals surface area contributed by atoms with E-state index in [2.05, 4.69) is 9.98 Å². The lowest BCUT2D eigenvalue weighted by Gasteiger charge is -2.24. The summed E-state index contributed by atoms with van der Waals surface area (Å²) in [5.41, 5.74) is 3.35. The van der Waals surface area contributed by atoms with E-state index in [1.54, 1.807) is 30.5 Å². The summed E-state index contributed by atoms with van der Waals surface area (Å²) < 4.78 is 7.43. The number of halogens is 1. The van der Waals surface area contributed by atoms with Gasteiger partial charge in [0.2, 0.25) is 0 Å². The number of H-pyrrole nitrogens is 1. The molecule has 5 rings (SSSR count). The molecule has 8 heteroatoms. The van der Waals surface area contributed by atoms with Crippen LogP contribution in [0.3, 0.4) is 0 Å². The number of allylic oxidation sites excluding steroid dienone is 1. The molecule has 3 heterocycles. The average molecular weight is 478 g/mol. The normalized spacial score (nSPS) is 16.1. The van der Waals surface area contributed by atoms with Crippen LogP contribution in [0.2, 0.25) is 5.02 Å². The van der Waals surface area contributed by atoms with Crippen molar-refractivity contribution in [1.29, 1.82) is 0 Å². The van der Waals surface area contributed by atoms with Gasteiger partial charge in [0, 0.05) is 27.7 Å². The Morgan fingerprint density at radius 3 is 2.76 bits per heavy atom. The fourth-order valence-electron chi connectivity index (χ4n) is 4.11. The van der Waals surface area contributed by atoms with Crippen LogP contribution in [0.25, 0.3) is 17.0 Å². The summed E-state index contributed by atoms with van der Waals surface area (Å²) in [5, 5.41) is 1.60. The number of nitrogens with one attached hydrogen (secondary N) is 1. The van der Waals surface area contributed by atoms with Gasteiger partial charge in [-0.05, 0) is 43.7 Å². The van der Waals surface area contributed by atoms with Crippen LogP contribution in [0.4, 0.5) is 0 Å². The SMILES string of the molecule is CCOC(=O)C1=C(C)N=c2s/c(=C\c3c[nH]c4ccccc34)c(=O)n2[C@H]1c1ccc(Cl)cc1. The minimum Gasteiger partial charge on any atom is -0.463 e. The topological polar surface area (TPSA) is 76.4 Å². The lowest BCUT2D eigenvalue weighted by atomic mass is 9.96. The monoisotopic (exact) mass is 477 g/mol. The third-order valence-electron chi connectivity index (χ3n) is 5.61. The van der Waals surface area contributed by atoms with Crippen molar-refractivity contribution in [2.24, 2.45) is 4.99 Å². The zero-order valence-corrected chi connectivity index (χ0v) is 19.5. The molecule has 0 bridgehead atoms. The molecule has 0 aliphatic carbocycles. The summed E-state index contributed by atoms with van der Waals surface area (Å²) in [4.78, 5) is 34.9. The number of hydrogen-bond acceptors (Lipinski definition) is 5. The van der Waals surface area contributed by atoms with Crippen molar-refractivity contribution in [3.8, 4) is 0 Å². The number of thiazole rings is 1. The zero-order valence-electron chi connectivity index (χ0n) is 18.0. The second-order valence-electron chi connectivity index (χ2n) is 7.64. The van der Waals surface area contributed by atoms with Crippen LogP contribution in [-0.4, -0.2) is 22.1 Å². The predicted octanol–water partition coefficient (Wildman–Crippen LogP) is 3.93. The molecule has 1 atom stereocenters. The van der Waals surface area contributed by atoms with E-state index in [4.69, 9.17) is 16.3 Å². The fourth-order valence-corrected chi connectivity index (χ4v) is 5.27. The number of benzene rings is 2. The van der Waals surface area contributed by atoms with E-state index in [1.165, 1.54) is 11.3 Å². The Bertz CT molecular complexity index is 1590. The van der Waals surface area contributed by atoms with E-state index >= 15 is 0 Å². The number of hydrogen-bond donors (Lipinski definition) is 1. The first-order valence-corrected chi connectivity index (χ1v) is 11.7. The number of ether oxygens (including phenoxy) is 1. The molecule has 0 radical (unpaired) electrons. The van der Waals surface area contributed by atoms with Crippen LogP contribution in [0, 0.1) is 0 Å². The van der Waals surface area contributed by atoms with Crippen LogP contribution in [0.15, 0.2) is 75.8 Å². The molecule has 1 aliphatic heterocycles. The van der Waals surface area contributed by atoms with Crippen LogP contribution in [0.1, 0.15) is 31.0 Å². The van der Waals surface area contributed by atoms with Gasteiger partial charge in [0.05, 0.1) is 28.5 Å². The first-order valence-electron chi connectivity index (χ1n) is 10.5. The van der Waals surface area contributed by atoms with Gasteiger partial charge in [0.1, 0.15) is 0 Å². The lowest BCUT2D eigenvalue weighted by molar-refractivity contribution is -0.139. The van der Waals surface area contributed by atoms with E-state index in [9.17, 15) is 9.59 Å². The molecule has 1 N–H and O–H groups in total. The molecule has 6 nitrogen and oxygen atoms in total. The van der Waals surface area contributed by atoms with E-state index in [0.29, 0.717) is 25.6 Å². The Labute approximate surface area is 198 Å². The molecule has 0 unspecified atom stereocenters. The molecule has 0 saturated carbocycles. The maximum absolute atomic E-state index is 13.6. The average Bonchev–Trinajstić information content (AvgIpc) is 3.35. The van der Waals surface area contributed by atoms with Gasteiger partial charge in [0.15, 0.2) is 4.80 Å². The number of fused-ring (bicyclic) bond motifs is 2. The fraction of sp³-hybridized carbons (Fsp3) is 0.160. The Kier molecular flexibility index (Phi) is 5.52. The molecular formula is C25H20ClN3O3S. The van der Waals surface area contributed by atoms with Gasteiger partial charge >= 0.3 is 5.97 Å². The second-order valence-corrected chi connectivity index (χ2v) is 9.09. The van der Waals surface area contributed by atoms with E-state index in [0.717, 1.165) is 22.0 Å². The second kappa shape index (κ2) is 8.50. The van der Waals surface area contributed by atoms with Crippen LogP contribution < -0.4 is 14.9 Å². The summed E-state index contributed by atoms with van der Waals surface area (Å²) in [6.45, 7) is 3.75. The molecule has 0 saturated heterocycles. The minimum atomic E-state index is -0.650. The highest BCUT2D eigenvalue weighted by Crippen LogP contribution is 2.31. The highest BCUT2D eigenvalue weighted by molar-refractivity contribution is 7.07. The number of aromatic amines is 1. The third-order valence-corrected chi connectivity index (χ3v) is 6.85. The van der Waals surface area contributed by atoms with Gasteiger partial charge in [-0.2, -0.15) is 0 Å². The Morgan fingerprint density at radius 1 is 1.24 bits per heavy atom. The Morgan fingerprint density at radius 2 is 2.00 bits per heavy atom. The van der Waals surface area contributed by atoms with Gasteiger partial charge in [-0.25, -0.2) is 9.79 Å². The van der Waals surface area contributed by atoms with Crippen LogP contribution in [-0.2, 0) is 9.53 Å². The molecule has 0 fully saturated rings. The van der Waals surface area contributed by atoms with Gasteiger partial charge in [-0.1, -0.05) is 53.3 Å². The van der Waals surface area contributed by atoms with Crippen LogP contribution in [0.5, 0.6) is 0 Å². The first-order chi connectivity index (χ1) is 16.0. The molecule has 2 aromatic heterocycles. The third kappa shape index (κ3) is 3.73. The molecule has 4 aromatic rings. The van der Waals surface area contributed by atoms with Crippen molar-refractivity contribution in [3.63, 3.8) is 0 Å². The molecule has 0 spiro atoms. The summed E-state index contributed by atoms with van der Waals surface area (Å²) in [6.07, 6.45) is 3.75. The highest BCUT2D eigenvalue weighted by Gasteiger charge is 2.33. The van der Waals surface area contributed by atoms with Crippen LogP contribution >= 0.6 is 22.9 Å². The molecule has 0 amide bonds. The van der Waals surface area contributed by atoms with Gasteiger partial charge in [0.25, 0.3) is 5.56 Å². The van der Waals surface area contributed by atoms with Crippen molar-refractivity contribution in [2.75, 3.05) is 6.61 Å². The maximum Gasteiger partial charge on any atom is 0.338 e. The summed E-state index contributed by atoms with van der Waals surface area (Å²) in [5.74, 6) is -0.482. The first kappa shape index (κ1) is 21.4. The predicted molar refractivity (Wildman–Crippen MR) is 130 cm³/mol. The maximum atomic E-state index is 13.6. The van der Waals surface area contributed by atoms with Gasteiger partial charge in [-0.15, -0.1) is 0 Å². The van der Waals surface area contributed by atoms with Crippen molar-refractivity contribution in [2.45, 2.75) is 19.9 Å². The van der Waals surface area contributed by atoms with Crippen molar-refractivity contribution >= 4 is 45.9 Å². The number of aromatic nitrogens is 2. The lowest BCUT2D eigenvalue weighted by Crippen LogP contribution is -2.39. The van der Waals surface area contributed by atoms with Gasteiger partial charge < -0.3 is 9.72 Å². The number of nitrogens with zero attached hydrogens (tertiary/aromatic N) is 2. The number of carbonyl (C=O) groups is 1. The standard InChI is InChI=1S/C25H20ClN3O3S/c1-3-32-24(31)21-14(2)28-25-29(22(21)15-8-10-17(26)11-9-15)23(30)20(33-25)12-16-13-27-19-7-5-4-6-18(16)19/h4-13,22,27H,3H2,1-2H3/b20-12-/t22-/m0/s1. The summed E-state index contributed by atoms with van der Waals surface area (Å²) >= 11 is 7.40. The van der Waals surface area contributed by atoms with E-state index in [-0.39, 0.29) is 12.2 Å². The number of carbonyl (C=O) groups excluding carboxylic acids is 1. The minimum absolute atomic E-state index is 0.210. The van der Waals surface area contributed by atoms with Crippen molar-refractivity contribution in [1.82, 2.24) is 9.55 Å². The Hall–Kier alpha value is -3.42. The van der Waals surface area contributed by atoms with E-state index in [1.807, 2.05) is 48.7 Å². The molecule has 1 aliphatic rings. The smallest absolute Gasteiger partial charge is 0.338 e.